The highest BCUT2D eigenvalue weighted by molar-refractivity contribution is 5.27. The minimum atomic E-state index is 0.584. The van der Waals surface area contributed by atoms with E-state index in [1.165, 1.54) is 5.56 Å². The molecule has 0 bridgehead atoms. The summed E-state index contributed by atoms with van der Waals surface area (Å²) in [6.07, 6.45) is 1.07. The summed E-state index contributed by atoms with van der Waals surface area (Å²) in [5, 5.41) is 0. The van der Waals surface area contributed by atoms with Gasteiger partial charge in [0, 0.05) is 13.1 Å². The van der Waals surface area contributed by atoms with Gasteiger partial charge in [0.15, 0.2) is 0 Å². The smallest absolute Gasteiger partial charge is 0.118 e. The van der Waals surface area contributed by atoms with Gasteiger partial charge in [-0.15, -0.1) is 0 Å². The molecule has 3 nitrogen and oxygen atoms in total. The van der Waals surface area contributed by atoms with Gasteiger partial charge in [0.25, 0.3) is 0 Å². The molecule has 0 aliphatic heterocycles. The van der Waals surface area contributed by atoms with Crippen LogP contribution in [0, 0.1) is 11.8 Å². The monoisotopic (exact) mass is 264 g/mol. The Morgan fingerprint density at radius 3 is 2.32 bits per heavy atom. The van der Waals surface area contributed by atoms with Gasteiger partial charge in [-0.2, -0.15) is 0 Å². The minimum absolute atomic E-state index is 0.584. The molecule has 3 heteroatoms. The second kappa shape index (κ2) is 8.18. The van der Waals surface area contributed by atoms with Gasteiger partial charge in [-0.25, -0.2) is 0 Å². The molecule has 1 unspecified atom stereocenters. The van der Waals surface area contributed by atoms with Crippen molar-refractivity contribution in [3.63, 3.8) is 0 Å². The molecule has 0 fully saturated rings. The van der Waals surface area contributed by atoms with Crippen LogP contribution < -0.4 is 10.5 Å². The Bertz CT molecular complexity index is 348. The van der Waals surface area contributed by atoms with E-state index in [4.69, 9.17) is 10.5 Å². The number of rotatable bonds is 8. The highest BCUT2D eigenvalue weighted by Gasteiger charge is 2.13. The molecule has 0 saturated carbocycles. The van der Waals surface area contributed by atoms with Crippen molar-refractivity contribution >= 4 is 0 Å². The first kappa shape index (κ1) is 16.0. The topological polar surface area (TPSA) is 38.5 Å². The van der Waals surface area contributed by atoms with Crippen molar-refractivity contribution in [1.29, 1.82) is 0 Å². The molecule has 0 spiro atoms. The average Bonchev–Trinajstić information content (AvgIpc) is 2.42. The van der Waals surface area contributed by atoms with Crippen LogP contribution in [0.3, 0.4) is 0 Å². The normalized spacial score (nSPS) is 13.0. The number of nitrogens with zero attached hydrogens (tertiary/aromatic N) is 1. The van der Waals surface area contributed by atoms with Crippen LogP contribution in [0.5, 0.6) is 5.75 Å². The number of ether oxygens (including phenoxy) is 1. The fourth-order valence-electron chi connectivity index (χ4n) is 2.16. The van der Waals surface area contributed by atoms with Crippen LogP contribution in [0.1, 0.15) is 19.4 Å². The first-order valence-electron chi connectivity index (χ1n) is 7.08. The van der Waals surface area contributed by atoms with E-state index in [0.717, 1.165) is 31.8 Å². The SMILES string of the molecule is COc1ccc(CCN(C)CC(CN)C(C)C)cc1. The molecule has 0 aromatic heterocycles. The summed E-state index contributed by atoms with van der Waals surface area (Å²) in [7, 11) is 3.87. The average molecular weight is 264 g/mol. The third kappa shape index (κ3) is 5.62. The van der Waals surface area contributed by atoms with Gasteiger partial charge in [0.05, 0.1) is 7.11 Å². The third-order valence-corrected chi connectivity index (χ3v) is 3.73. The Morgan fingerprint density at radius 1 is 1.21 bits per heavy atom. The van der Waals surface area contributed by atoms with Gasteiger partial charge in [-0.1, -0.05) is 26.0 Å². The van der Waals surface area contributed by atoms with Crippen LogP contribution in [0.15, 0.2) is 24.3 Å². The lowest BCUT2D eigenvalue weighted by Crippen LogP contribution is -2.34. The summed E-state index contributed by atoms with van der Waals surface area (Å²) in [4.78, 5) is 2.38. The number of nitrogens with two attached hydrogens (primary N) is 1. The Labute approximate surface area is 117 Å². The largest absolute Gasteiger partial charge is 0.497 e. The highest BCUT2D eigenvalue weighted by atomic mass is 16.5. The van der Waals surface area contributed by atoms with Gasteiger partial charge in [0.1, 0.15) is 5.75 Å². The van der Waals surface area contributed by atoms with E-state index in [2.05, 4.69) is 37.9 Å². The Morgan fingerprint density at radius 2 is 1.84 bits per heavy atom. The standard InChI is InChI=1S/C16H28N2O/c1-13(2)15(11-17)12-18(3)10-9-14-5-7-16(19-4)8-6-14/h5-8,13,15H,9-12,17H2,1-4H3. The van der Waals surface area contributed by atoms with Crippen molar-refractivity contribution in [2.45, 2.75) is 20.3 Å². The highest BCUT2D eigenvalue weighted by Crippen LogP contribution is 2.13. The zero-order chi connectivity index (χ0) is 14.3. The van der Waals surface area contributed by atoms with Crippen LogP contribution >= 0.6 is 0 Å². The van der Waals surface area contributed by atoms with E-state index in [1.807, 2.05) is 12.1 Å². The molecule has 0 radical (unpaired) electrons. The first-order chi connectivity index (χ1) is 9.06. The summed E-state index contributed by atoms with van der Waals surface area (Å²) >= 11 is 0. The fraction of sp³-hybridized carbons (Fsp3) is 0.625. The van der Waals surface area contributed by atoms with Crippen molar-refractivity contribution in [2.24, 2.45) is 17.6 Å². The minimum Gasteiger partial charge on any atom is -0.497 e. The summed E-state index contributed by atoms with van der Waals surface area (Å²) in [5.74, 6) is 2.15. The zero-order valence-corrected chi connectivity index (χ0v) is 12.7. The maximum Gasteiger partial charge on any atom is 0.118 e. The first-order valence-corrected chi connectivity index (χ1v) is 7.08. The van der Waals surface area contributed by atoms with E-state index >= 15 is 0 Å². The lowest BCUT2D eigenvalue weighted by Gasteiger charge is -2.25. The Kier molecular flexibility index (Phi) is 6.89. The van der Waals surface area contributed by atoms with Crippen LogP contribution in [0.2, 0.25) is 0 Å². The molecule has 1 aromatic rings. The number of benzene rings is 1. The maximum atomic E-state index is 5.82. The number of hydrogen-bond acceptors (Lipinski definition) is 3. The number of methoxy groups -OCH3 is 1. The lowest BCUT2D eigenvalue weighted by atomic mass is 9.95. The lowest BCUT2D eigenvalue weighted by molar-refractivity contribution is 0.242. The van der Waals surface area contributed by atoms with E-state index in [0.29, 0.717) is 11.8 Å². The van der Waals surface area contributed by atoms with Gasteiger partial charge in [0.2, 0.25) is 0 Å². The molecule has 19 heavy (non-hydrogen) atoms. The summed E-state index contributed by atoms with van der Waals surface area (Å²) in [6, 6.07) is 8.31. The molecule has 0 aliphatic rings. The van der Waals surface area contributed by atoms with Gasteiger partial charge < -0.3 is 15.4 Å². The summed E-state index contributed by atoms with van der Waals surface area (Å²) in [6.45, 7) is 7.40. The summed E-state index contributed by atoms with van der Waals surface area (Å²) in [5.41, 5.74) is 7.17. The molecular formula is C16H28N2O. The zero-order valence-electron chi connectivity index (χ0n) is 12.7. The number of likely N-dealkylation sites (N-methyl/N-ethyl adjacent to an activating group) is 1. The molecule has 0 heterocycles. The predicted molar refractivity (Wildman–Crippen MR) is 81.6 cm³/mol. The summed E-state index contributed by atoms with van der Waals surface area (Å²) < 4.78 is 5.16. The van der Waals surface area contributed by atoms with Crippen LogP contribution in [-0.4, -0.2) is 38.7 Å². The van der Waals surface area contributed by atoms with Gasteiger partial charge in [-0.3, -0.25) is 0 Å². The van der Waals surface area contributed by atoms with E-state index < -0.39 is 0 Å². The molecular weight excluding hydrogens is 236 g/mol. The second-order valence-electron chi connectivity index (χ2n) is 5.60. The van der Waals surface area contributed by atoms with Gasteiger partial charge >= 0.3 is 0 Å². The Hall–Kier alpha value is -1.06. The third-order valence-electron chi connectivity index (χ3n) is 3.73. The van der Waals surface area contributed by atoms with Gasteiger partial charge in [-0.05, 0) is 49.5 Å². The molecule has 1 rings (SSSR count). The van der Waals surface area contributed by atoms with E-state index in [9.17, 15) is 0 Å². The van der Waals surface area contributed by atoms with Crippen LogP contribution in [0.4, 0.5) is 0 Å². The molecule has 0 aliphatic carbocycles. The molecule has 1 aromatic carbocycles. The van der Waals surface area contributed by atoms with Crippen molar-refractivity contribution in [1.82, 2.24) is 4.90 Å². The van der Waals surface area contributed by atoms with Crippen LogP contribution in [-0.2, 0) is 6.42 Å². The molecule has 2 N–H and O–H groups in total. The molecule has 0 amide bonds. The van der Waals surface area contributed by atoms with Crippen molar-refractivity contribution in [3.05, 3.63) is 29.8 Å². The van der Waals surface area contributed by atoms with E-state index in [-0.39, 0.29) is 0 Å². The predicted octanol–water partition coefficient (Wildman–Crippen LogP) is 2.40. The molecule has 108 valence electrons. The number of hydrogen-bond donors (Lipinski definition) is 1. The van der Waals surface area contributed by atoms with Crippen molar-refractivity contribution in [3.8, 4) is 5.75 Å². The fourth-order valence-corrected chi connectivity index (χ4v) is 2.16. The molecule has 0 saturated heterocycles. The second-order valence-corrected chi connectivity index (χ2v) is 5.60. The Balaban J connectivity index is 2.38. The quantitative estimate of drug-likeness (QED) is 0.783. The van der Waals surface area contributed by atoms with Crippen molar-refractivity contribution in [2.75, 3.05) is 33.8 Å². The van der Waals surface area contributed by atoms with Crippen LogP contribution in [0.25, 0.3) is 0 Å². The van der Waals surface area contributed by atoms with E-state index in [1.54, 1.807) is 7.11 Å². The molecule has 1 atom stereocenters. The van der Waals surface area contributed by atoms with Crippen molar-refractivity contribution < 1.29 is 4.74 Å². The maximum absolute atomic E-state index is 5.82.